The van der Waals surface area contributed by atoms with Gasteiger partial charge < -0.3 is 14.7 Å². The molecule has 1 aromatic carbocycles. The van der Waals surface area contributed by atoms with Crippen molar-refractivity contribution in [2.45, 2.75) is 32.0 Å². The van der Waals surface area contributed by atoms with E-state index >= 15 is 0 Å². The number of benzene rings is 1. The van der Waals surface area contributed by atoms with E-state index in [2.05, 4.69) is 29.2 Å². The van der Waals surface area contributed by atoms with Crippen LogP contribution in [0.25, 0.3) is 0 Å². The maximum Gasteiger partial charge on any atom is 0.0954 e. The Labute approximate surface area is 115 Å². The van der Waals surface area contributed by atoms with Crippen molar-refractivity contribution in [2.75, 3.05) is 26.2 Å². The topological polar surface area (TPSA) is 32.7 Å². The summed E-state index contributed by atoms with van der Waals surface area (Å²) >= 11 is 0. The molecule has 1 N–H and O–H groups in total. The zero-order valence-corrected chi connectivity index (χ0v) is 11.6. The van der Waals surface area contributed by atoms with Crippen molar-refractivity contribution in [1.82, 2.24) is 4.90 Å². The Morgan fingerprint density at radius 2 is 2.26 bits per heavy atom. The van der Waals surface area contributed by atoms with Gasteiger partial charge in [0, 0.05) is 13.1 Å². The second-order valence-electron chi connectivity index (χ2n) is 5.86. The molecule has 1 fully saturated rings. The quantitative estimate of drug-likeness (QED) is 0.903. The Balaban J connectivity index is 1.66. The van der Waals surface area contributed by atoms with Crippen LogP contribution in [0.15, 0.2) is 24.3 Å². The highest BCUT2D eigenvalue weighted by Crippen LogP contribution is 2.29. The van der Waals surface area contributed by atoms with Crippen LogP contribution >= 0.6 is 0 Å². The molecule has 19 heavy (non-hydrogen) atoms. The van der Waals surface area contributed by atoms with Crippen LogP contribution in [0.4, 0.5) is 0 Å². The minimum Gasteiger partial charge on any atom is -0.393 e. The highest BCUT2D eigenvalue weighted by Gasteiger charge is 2.29. The lowest BCUT2D eigenvalue weighted by molar-refractivity contribution is 0.0183. The molecule has 0 aromatic heterocycles. The molecular weight excluding hydrogens is 238 g/mol. The molecule has 1 saturated heterocycles. The summed E-state index contributed by atoms with van der Waals surface area (Å²) in [5, 5.41) is 9.68. The van der Waals surface area contributed by atoms with Gasteiger partial charge in [-0.05, 0) is 43.4 Å². The van der Waals surface area contributed by atoms with E-state index in [1.54, 1.807) is 0 Å². The molecule has 2 aliphatic heterocycles. The molecule has 0 aliphatic carbocycles. The standard InChI is InChI=1S/C16H23NO2/c1-12(18)14-6-8-17(10-14)11-16-15-5-3-2-4-13(15)7-9-19-16/h2-5,12,14,16,18H,6-11H2,1H3. The van der Waals surface area contributed by atoms with Crippen molar-refractivity contribution in [2.24, 2.45) is 5.92 Å². The fourth-order valence-electron chi connectivity index (χ4n) is 3.28. The molecule has 0 saturated carbocycles. The Kier molecular flexibility index (Phi) is 3.87. The zero-order chi connectivity index (χ0) is 13.2. The van der Waals surface area contributed by atoms with Gasteiger partial charge in [-0.25, -0.2) is 0 Å². The number of rotatable bonds is 3. The van der Waals surface area contributed by atoms with Crippen LogP contribution in [-0.4, -0.2) is 42.4 Å². The van der Waals surface area contributed by atoms with Crippen LogP contribution in [-0.2, 0) is 11.2 Å². The molecule has 0 bridgehead atoms. The Morgan fingerprint density at radius 1 is 1.42 bits per heavy atom. The molecule has 1 aromatic rings. The number of fused-ring (bicyclic) bond motifs is 1. The zero-order valence-electron chi connectivity index (χ0n) is 11.6. The highest BCUT2D eigenvalue weighted by molar-refractivity contribution is 5.31. The van der Waals surface area contributed by atoms with Gasteiger partial charge in [0.2, 0.25) is 0 Å². The van der Waals surface area contributed by atoms with Crippen LogP contribution in [0.1, 0.15) is 30.6 Å². The molecule has 3 nitrogen and oxygen atoms in total. The first-order valence-electron chi connectivity index (χ1n) is 7.34. The van der Waals surface area contributed by atoms with E-state index in [1.165, 1.54) is 11.1 Å². The lowest BCUT2D eigenvalue weighted by Gasteiger charge is -2.29. The third-order valence-electron chi connectivity index (χ3n) is 4.51. The van der Waals surface area contributed by atoms with E-state index in [1.807, 2.05) is 6.92 Å². The molecule has 0 amide bonds. The summed E-state index contributed by atoms with van der Waals surface area (Å²) in [5.74, 6) is 0.429. The molecule has 3 unspecified atom stereocenters. The molecule has 0 spiro atoms. The van der Waals surface area contributed by atoms with E-state index in [4.69, 9.17) is 4.74 Å². The average molecular weight is 261 g/mol. The Bertz CT molecular complexity index is 433. The summed E-state index contributed by atoms with van der Waals surface area (Å²) in [4.78, 5) is 2.43. The van der Waals surface area contributed by atoms with Crippen LogP contribution < -0.4 is 0 Å². The maximum atomic E-state index is 9.68. The van der Waals surface area contributed by atoms with E-state index < -0.39 is 0 Å². The van der Waals surface area contributed by atoms with Crippen LogP contribution in [0.5, 0.6) is 0 Å². The van der Waals surface area contributed by atoms with Crippen molar-refractivity contribution in [1.29, 1.82) is 0 Å². The van der Waals surface area contributed by atoms with Gasteiger partial charge in [0.25, 0.3) is 0 Å². The predicted octanol–water partition coefficient (Wildman–Crippen LogP) is 2.00. The van der Waals surface area contributed by atoms with Crippen molar-refractivity contribution >= 4 is 0 Å². The van der Waals surface area contributed by atoms with Crippen molar-refractivity contribution in [3.63, 3.8) is 0 Å². The second-order valence-corrected chi connectivity index (χ2v) is 5.86. The predicted molar refractivity (Wildman–Crippen MR) is 75.1 cm³/mol. The lowest BCUT2D eigenvalue weighted by atomic mass is 9.97. The van der Waals surface area contributed by atoms with E-state index in [9.17, 15) is 5.11 Å². The smallest absolute Gasteiger partial charge is 0.0954 e. The number of aliphatic hydroxyl groups is 1. The molecule has 3 atom stereocenters. The first-order valence-corrected chi connectivity index (χ1v) is 7.34. The Morgan fingerprint density at radius 3 is 3.05 bits per heavy atom. The monoisotopic (exact) mass is 261 g/mol. The lowest BCUT2D eigenvalue weighted by Crippen LogP contribution is -2.31. The number of ether oxygens (including phenoxy) is 1. The normalized spacial score (nSPS) is 29.2. The summed E-state index contributed by atoms with van der Waals surface area (Å²) in [7, 11) is 0. The summed E-state index contributed by atoms with van der Waals surface area (Å²) in [6, 6.07) is 8.62. The fourth-order valence-corrected chi connectivity index (χ4v) is 3.28. The Hall–Kier alpha value is -0.900. The minimum absolute atomic E-state index is 0.190. The first kappa shape index (κ1) is 13.1. The van der Waals surface area contributed by atoms with Gasteiger partial charge >= 0.3 is 0 Å². The number of aliphatic hydroxyl groups excluding tert-OH is 1. The average Bonchev–Trinajstić information content (AvgIpc) is 2.88. The van der Waals surface area contributed by atoms with Gasteiger partial charge in [0.1, 0.15) is 0 Å². The molecule has 2 aliphatic rings. The van der Waals surface area contributed by atoms with Gasteiger partial charge in [-0.2, -0.15) is 0 Å². The summed E-state index contributed by atoms with van der Waals surface area (Å²) in [6.07, 6.45) is 2.15. The van der Waals surface area contributed by atoms with Gasteiger partial charge in [0.05, 0.1) is 18.8 Å². The van der Waals surface area contributed by atoms with E-state index in [0.717, 1.165) is 39.1 Å². The molecule has 3 rings (SSSR count). The SMILES string of the molecule is CC(O)C1CCN(CC2OCCc3ccccc32)C1. The van der Waals surface area contributed by atoms with Gasteiger partial charge in [-0.3, -0.25) is 0 Å². The molecule has 104 valence electrons. The number of hydrogen-bond donors (Lipinski definition) is 1. The van der Waals surface area contributed by atoms with Crippen LogP contribution in [0, 0.1) is 5.92 Å². The van der Waals surface area contributed by atoms with E-state index in [0.29, 0.717) is 5.92 Å². The van der Waals surface area contributed by atoms with Gasteiger partial charge in [-0.15, -0.1) is 0 Å². The van der Waals surface area contributed by atoms with Crippen molar-refractivity contribution in [3.05, 3.63) is 35.4 Å². The van der Waals surface area contributed by atoms with Crippen LogP contribution in [0.2, 0.25) is 0 Å². The number of likely N-dealkylation sites (tertiary alicyclic amines) is 1. The fraction of sp³-hybridized carbons (Fsp3) is 0.625. The molecular formula is C16H23NO2. The third kappa shape index (κ3) is 2.83. The van der Waals surface area contributed by atoms with Gasteiger partial charge in [-0.1, -0.05) is 24.3 Å². The minimum atomic E-state index is -0.190. The van der Waals surface area contributed by atoms with Crippen LogP contribution in [0.3, 0.4) is 0 Å². The maximum absolute atomic E-state index is 9.68. The first-order chi connectivity index (χ1) is 9.24. The third-order valence-corrected chi connectivity index (χ3v) is 4.51. The van der Waals surface area contributed by atoms with Gasteiger partial charge in [0.15, 0.2) is 0 Å². The largest absolute Gasteiger partial charge is 0.393 e. The number of nitrogens with zero attached hydrogens (tertiary/aromatic N) is 1. The second kappa shape index (κ2) is 5.61. The molecule has 3 heteroatoms. The van der Waals surface area contributed by atoms with E-state index in [-0.39, 0.29) is 12.2 Å². The van der Waals surface area contributed by atoms with Crippen molar-refractivity contribution < 1.29 is 9.84 Å². The molecule has 2 heterocycles. The molecule has 0 radical (unpaired) electrons. The summed E-state index contributed by atoms with van der Waals surface area (Å²) in [6.45, 7) is 5.77. The summed E-state index contributed by atoms with van der Waals surface area (Å²) in [5.41, 5.74) is 2.79. The number of hydrogen-bond acceptors (Lipinski definition) is 3. The summed E-state index contributed by atoms with van der Waals surface area (Å²) < 4.78 is 5.96. The van der Waals surface area contributed by atoms with Crippen molar-refractivity contribution in [3.8, 4) is 0 Å². The highest BCUT2D eigenvalue weighted by atomic mass is 16.5.